The number of carbonyl (C=O) groups is 2. The van der Waals surface area contributed by atoms with Crippen LogP contribution in [0.4, 0.5) is 10.5 Å². The maximum atomic E-state index is 12.9. The molecule has 0 unspecified atom stereocenters. The summed E-state index contributed by atoms with van der Waals surface area (Å²) in [5.41, 5.74) is 4.84. The van der Waals surface area contributed by atoms with E-state index in [4.69, 9.17) is 14.2 Å². The standard InChI is InChI=1S/C36H36N6O6S/c1-46-33(44)31(20-24-8-4-2-5-9-24)38-35(45)37-28-18-16-27(17-19-28)34-47-30(21-32(48-34)26-14-12-25(22-43)13-15-26)23-49-36-39-40-41-42(36)29-10-6-3-7-11-29/h2-19,30-32,34,43H,20-23H2,1H3,(H2,37,38,45)/t30-,31+,32+,34+/m1/s1. The molecule has 4 atom stereocenters. The summed E-state index contributed by atoms with van der Waals surface area (Å²) in [6.07, 6.45) is -0.287. The Hall–Kier alpha value is -5.08. The number of aliphatic hydroxyl groups is 1. The Balaban J connectivity index is 1.13. The minimum atomic E-state index is -0.855. The lowest BCUT2D eigenvalue weighted by Gasteiger charge is -2.36. The van der Waals surface area contributed by atoms with Gasteiger partial charge in [0.05, 0.1) is 31.6 Å². The normalized spacial score (nSPS) is 18.0. The third kappa shape index (κ3) is 8.89. The van der Waals surface area contributed by atoms with E-state index in [0.29, 0.717) is 29.4 Å². The predicted octanol–water partition coefficient (Wildman–Crippen LogP) is 5.40. The molecule has 0 bridgehead atoms. The van der Waals surface area contributed by atoms with Crippen LogP contribution in [-0.4, -0.2) is 62.3 Å². The number of carbonyl (C=O) groups excluding carboxylic acids is 2. The molecule has 13 heteroatoms. The van der Waals surface area contributed by atoms with E-state index in [2.05, 4.69) is 26.2 Å². The summed E-state index contributed by atoms with van der Waals surface area (Å²) in [4.78, 5) is 25.3. The van der Waals surface area contributed by atoms with E-state index in [9.17, 15) is 14.7 Å². The molecule has 4 aromatic carbocycles. The fourth-order valence-corrected chi connectivity index (χ4v) is 6.33. The summed E-state index contributed by atoms with van der Waals surface area (Å²) in [7, 11) is 1.29. The minimum Gasteiger partial charge on any atom is -0.467 e. The Labute approximate surface area is 287 Å². The van der Waals surface area contributed by atoms with Gasteiger partial charge in [-0.05, 0) is 51.4 Å². The van der Waals surface area contributed by atoms with Gasteiger partial charge < -0.3 is 30.0 Å². The third-order valence-electron chi connectivity index (χ3n) is 7.97. The highest BCUT2D eigenvalue weighted by atomic mass is 32.2. The highest BCUT2D eigenvalue weighted by Gasteiger charge is 2.33. The molecule has 0 aliphatic carbocycles. The number of amides is 2. The first kappa shape index (κ1) is 33.8. The van der Waals surface area contributed by atoms with Crippen LogP contribution in [0.5, 0.6) is 0 Å². The van der Waals surface area contributed by atoms with Crippen LogP contribution in [0.1, 0.15) is 41.1 Å². The SMILES string of the molecule is COC(=O)[C@H](Cc1ccccc1)NC(=O)Nc1ccc([C@H]2O[C@@H](CSc3nnnn3-c3ccccc3)C[C@@H](c3ccc(CO)cc3)O2)cc1. The number of nitrogens with one attached hydrogen (secondary N) is 2. The molecule has 2 amide bonds. The molecule has 1 aliphatic rings. The van der Waals surface area contributed by atoms with Crippen LogP contribution in [0.15, 0.2) is 114 Å². The van der Waals surface area contributed by atoms with Gasteiger partial charge in [-0.3, -0.25) is 0 Å². The van der Waals surface area contributed by atoms with Gasteiger partial charge in [0.1, 0.15) is 6.04 Å². The van der Waals surface area contributed by atoms with Crippen molar-refractivity contribution >= 4 is 29.4 Å². The number of para-hydroxylation sites is 1. The zero-order valence-corrected chi connectivity index (χ0v) is 27.5. The first-order valence-corrected chi connectivity index (χ1v) is 16.7. The molecule has 2 heterocycles. The number of ether oxygens (including phenoxy) is 3. The summed E-state index contributed by atoms with van der Waals surface area (Å²) in [6.45, 7) is -0.0400. The van der Waals surface area contributed by atoms with Crippen LogP contribution >= 0.6 is 11.8 Å². The predicted molar refractivity (Wildman–Crippen MR) is 183 cm³/mol. The maximum absolute atomic E-state index is 12.9. The fourth-order valence-electron chi connectivity index (χ4n) is 5.42. The Morgan fingerprint density at radius 2 is 1.61 bits per heavy atom. The highest BCUT2D eigenvalue weighted by molar-refractivity contribution is 7.99. The van der Waals surface area contributed by atoms with Crippen molar-refractivity contribution < 1.29 is 28.9 Å². The van der Waals surface area contributed by atoms with Crippen molar-refractivity contribution in [2.24, 2.45) is 0 Å². The molecule has 6 rings (SSSR count). The van der Waals surface area contributed by atoms with Gasteiger partial charge in [-0.15, -0.1) is 5.10 Å². The number of benzene rings is 4. The second-order valence-corrected chi connectivity index (χ2v) is 12.3. The van der Waals surface area contributed by atoms with Gasteiger partial charge in [0, 0.05) is 29.8 Å². The summed E-state index contributed by atoms with van der Waals surface area (Å²) >= 11 is 1.50. The van der Waals surface area contributed by atoms with Crippen molar-refractivity contribution in [3.63, 3.8) is 0 Å². The molecule has 5 aromatic rings. The van der Waals surface area contributed by atoms with Crippen molar-refractivity contribution in [3.8, 4) is 5.69 Å². The molecule has 1 saturated heterocycles. The first-order valence-electron chi connectivity index (χ1n) is 15.8. The average molecular weight is 681 g/mol. The van der Waals surface area contributed by atoms with Crippen molar-refractivity contribution in [1.82, 2.24) is 25.5 Å². The largest absolute Gasteiger partial charge is 0.467 e. The molecule has 0 saturated carbocycles. The number of esters is 1. The molecule has 0 spiro atoms. The van der Waals surface area contributed by atoms with E-state index in [-0.39, 0.29) is 18.8 Å². The number of thioether (sulfide) groups is 1. The van der Waals surface area contributed by atoms with Crippen molar-refractivity contribution in [1.29, 1.82) is 0 Å². The Morgan fingerprint density at radius 1 is 0.918 bits per heavy atom. The zero-order valence-electron chi connectivity index (χ0n) is 26.7. The summed E-state index contributed by atoms with van der Waals surface area (Å²) < 4.78 is 19.5. The van der Waals surface area contributed by atoms with Gasteiger partial charge in [-0.1, -0.05) is 96.7 Å². The van der Waals surface area contributed by atoms with Gasteiger partial charge in [-0.2, -0.15) is 4.68 Å². The molecule has 1 aromatic heterocycles. The second-order valence-electron chi connectivity index (χ2n) is 11.4. The topological polar surface area (TPSA) is 150 Å². The number of aromatic nitrogens is 4. The molecule has 1 aliphatic heterocycles. The van der Waals surface area contributed by atoms with Crippen LogP contribution in [0.25, 0.3) is 5.69 Å². The highest BCUT2D eigenvalue weighted by Crippen LogP contribution is 2.39. The van der Waals surface area contributed by atoms with E-state index in [1.807, 2.05) is 97.1 Å². The van der Waals surface area contributed by atoms with Gasteiger partial charge in [0.15, 0.2) is 6.29 Å². The molecular weight excluding hydrogens is 644 g/mol. The first-order chi connectivity index (χ1) is 24.0. The summed E-state index contributed by atoms with van der Waals surface area (Å²) in [5, 5.41) is 27.9. The number of tetrazole rings is 1. The molecule has 0 radical (unpaired) electrons. The van der Waals surface area contributed by atoms with Crippen LogP contribution in [-0.2, 0) is 32.0 Å². The van der Waals surface area contributed by atoms with Gasteiger partial charge in [-0.25, -0.2) is 9.59 Å². The van der Waals surface area contributed by atoms with Crippen molar-refractivity contribution in [3.05, 3.63) is 131 Å². The molecule has 1 fully saturated rings. The Kier molecular flexibility index (Phi) is 11.3. The number of methoxy groups -OCH3 is 1. The van der Waals surface area contributed by atoms with Gasteiger partial charge >= 0.3 is 12.0 Å². The Morgan fingerprint density at radius 3 is 2.31 bits per heavy atom. The summed E-state index contributed by atoms with van der Waals surface area (Å²) in [5.74, 6) is 0.0356. The van der Waals surface area contributed by atoms with E-state index in [1.54, 1.807) is 16.8 Å². The number of urea groups is 1. The van der Waals surface area contributed by atoms with Gasteiger partial charge in [0.2, 0.25) is 5.16 Å². The monoisotopic (exact) mass is 680 g/mol. The smallest absolute Gasteiger partial charge is 0.328 e. The third-order valence-corrected chi connectivity index (χ3v) is 9.02. The van der Waals surface area contributed by atoms with Crippen molar-refractivity contribution in [2.75, 3.05) is 18.2 Å². The van der Waals surface area contributed by atoms with Crippen LogP contribution in [0.2, 0.25) is 0 Å². The van der Waals surface area contributed by atoms with Crippen LogP contribution < -0.4 is 10.6 Å². The number of hydrogen-bond donors (Lipinski definition) is 3. The lowest BCUT2D eigenvalue weighted by Crippen LogP contribution is -2.45. The maximum Gasteiger partial charge on any atom is 0.328 e. The average Bonchev–Trinajstić information content (AvgIpc) is 3.63. The lowest BCUT2D eigenvalue weighted by molar-refractivity contribution is -0.245. The Bertz CT molecular complexity index is 1810. The van der Waals surface area contributed by atoms with Crippen LogP contribution in [0, 0.1) is 0 Å². The molecule has 3 N–H and O–H groups in total. The van der Waals surface area contributed by atoms with E-state index in [1.165, 1.54) is 18.9 Å². The number of anilines is 1. The molecular formula is C36H36N6O6S. The number of nitrogens with zero attached hydrogens (tertiary/aromatic N) is 4. The zero-order chi connectivity index (χ0) is 34.0. The summed E-state index contributed by atoms with van der Waals surface area (Å²) in [6, 6.07) is 32.6. The van der Waals surface area contributed by atoms with E-state index < -0.39 is 24.3 Å². The molecule has 49 heavy (non-hydrogen) atoms. The fraction of sp³-hybridized carbons (Fsp3) is 0.250. The van der Waals surface area contributed by atoms with E-state index >= 15 is 0 Å². The minimum absolute atomic E-state index is 0.0400. The van der Waals surface area contributed by atoms with Crippen LogP contribution in [0.3, 0.4) is 0 Å². The quantitative estimate of drug-likeness (QED) is 0.116. The van der Waals surface area contributed by atoms with Crippen molar-refractivity contribution in [2.45, 2.75) is 49.1 Å². The number of hydrogen-bond acceptors (Lipinski definition) is 10. The molecule has 12 nitrogen and oxygen atoms in total. The van der Waals surface area contributed by atoms with Gasteiger partial charge in [0.25, 0.3) is 0 Å². The lowest BCUT2D eigenvalue weighted by atomic mass is 10.0. The van der Waals surface area contributed by atoms with E-state index in [0.717, 1.165) is 27.9 Å². The molecule has 252 valence electrons. The second kappa shape index (κ2) is 16.3. The number of rotatable bonds is 12. The number of aliphatic hydroxyl groups excluding tert-OH is 1.